The van der Waals surface area contributed by atoms with E-state index in [4.69, 9.17) is 24.9 Å². The Morgan fingerprint density at radius 3 is 2.63 bits per heavy atom. The lowest BCUT2D eigenvalue weighted by molar-refractivity contribution is -0.0348. The van der Waals surface area contributed by atoms with E-state index in [1.807, 2.05) is 4.90 Å². The van der Waals surface area contributed by atoms with Crippen LogP contribution < -0.4 is 20.7 Å². The normalized spacial score (nSPS) is 29.7. The number of nitrogens with one attached hydrogen (secondary N) is 1. The second-order valence-electron chi connectivity index (χ2n) is 13.7. The molecule has 0 amide bonds. The molecule has 13 nitrogen and oxygen atoms in total. The van der Waals surface area contributed by atoms with E-state index in [0.717, 1.165) is 41.1 Å². The van der Waals surface area contributed by atoms with Crippen LogP contribution in [0.1, 0.15) is 30.5 Å². The first-order valence-electron chi connectivity index (χ1n) is 16.5. The lowest BCUT2D eigenvalue weighted by Gasteiger charge is -2.47. The summed E-state index contributed by atoms with van der Waals surface area (Å²) in [5.41, 5.74) is 4.76. The number of nitrogens with two attached hydrogens (primary N) is 1. The monoisotopic (exact) mass is 720 g/mol. The number of hydrogen-bond acceptors (Lipinski definition) is 13. The van der Waals surface area contributed by atoms with Gasteiger partial charge in [0.05, 0.1) is 60.0 Å². The van der Waals surface area contributed by atoms with Gasteiger partial charge in [-0.1, -0.05) is 11.3 Å². The standard InChI is InChI=1S/C31H35F3N8O5S2/c32-17-6-31(4-1-5-40(31)10-17)15-47-30-38-24-22(34)25(20-2-3-21(33)26-23(20)37-29(35)48-26)41(9-16-11-45-12-16)49(43,44)27(24)28(39-30)42-18-7-36-8-19(42)14-46-13-18/h2-3,16-19,36H,1,4-15H2,(H2,35,37)/t17-,18?,19?,31+/m1/s1. The molecule has 1 aromatic carbocycles. The number of rotatable bonds is 7. The molecular weight excluding hydrogens is 686 g/mol. The Morgan fingerprint density at radius 1 is 1.10 bits per heavy atom. The zero-order valence-corrected chi connectivity index (χ0v) is 28.0. The average molecular weight is 721 g/mol. The SMILES string of the molecule is Nc1nc2c(C3=C(F)c4nc(OC[C@@]56CCCN5C[C@H](F)C6)nc(N5C6CNCC5COC6)c4S(=O)(=O)N3CC3COC3)ccc(F)c2s1. The van der Waals surface area contributed by atoms with Crippen molar-refractivity contribution in [3.8, 4) is 6.01 Å². The van der Waals surface area contributed by atoms with Crippen LogP contribution in [0, 0.1) is 11.7 Å². The Bertz CT molecular complexity index is 1960. The van der Waals surface area contributed by atoms with E-state index in [9.17, 15) is 17.2 Å². The highest BCUT2D eigenvalue weighted by atomic mass is 32.2. The molecule has 6 aliphatic heterocycles. The summed E-state index contributed by atoms with van der Waals surface area (Å²) in [6.07, 6.45) is 0.934. The molecule has 2 unspecified atom stereocenters. The van der Waals surface area contributed by atoms with Gasteiger partial charge in [0.15, 0.2) is 21.7 Å². The van der Waals surface area contributed by atoms with Crippen molar-refractivity contribution in [1.29, 1.82) is 0 Å². The number of morpholine rings is 1. The van der Waals surface area contributed by atoms with Gasteiger partial charge in [-0.25, -0.2) is 26.6 Å². The second kappa shape index (κ2) is 11.6. The maximum absolute atomic E-state index is 17.5. The fourth-order valence-electron chi connectivity index (χ4n) is 8.27. The molecule has 8 heterocycles. The van der Waals surface area contributed by atoms with Crippen LogP contribution in [-0.4, -0.2) is 122 Å². The van der Waals surface area contributed by atoms with Gasteiger partial charge in [0, 0.05) is 44.1 Å². The molecular formula is C31H35F3N8O5S2. The number of anilines is 2. The number of ether oxygens (including phenoxy) is 3. The van der Waals surface area contributed by atoms with Gasteiger partial charge in [-0.05, 0) is 31.5 Å². The molecule has 2 bridgehead atoms. The van der Waals surface area contributed by atoms with Gasteiger partial charge in [-0.3, -0.25) is 9.21 Å². The fraction of sp³-hybridized carbons (Fsp3) is 0.581. The van der Waals surface area contributed by atoms with E-state index in [1.54, 1.807) is 0 Å². The number of nitrogens with zero attached hydrogens (tertiary/aromatic N) is 6. The molecule has 5 saturated heterocycles. The van der Waals surface area contributed by atoms with Gasteiger partial charge in [0.2, 0.25) is 0 Å². The number of benzene rings is 1. The molecule has 3 aromatic rings. The van der Waals surface area contributed by atoms with E-state index in [-0.39, 0.29) is 74.5 Å². The third-order valence-electron chi connectivity index (χ3n) is 10.6. The molecule has 5 fully saturated rings. The molecule has 18 heteroatoms. The molecule has 6 aliphatic rings. The van der Waals surface area contributed by atoms with E-state index < -0.39 is 39.1 Å². The maximum Gasteiger partial charge on any atom is 0.319 e. The number of nitrogen functional groups attached to an aromatic ring is 1. The van der Waals surface area contributed by atoms with E-state index in [1.165, 1.54) is 6.07 Å². The Balaban J connectivity index is 1.25. The number of sulfonamides is 1. The van der Waals surface area contributed by atoms with Crippen LogP contribution >= 0.6 is 11.3 Å². The summed E-state index contributed by atoms with van der Waals surface area (Å²) in [6, 6.07) is 1.67. The number of thiazole rings is 1. The summed E-state index contributed by atoms with van der Waals surface area (Å²) >= 11 is 0.891. The lowest BCUT2D eigenvalue weighted by Crippen LogP contribution is -2.64. The maximum atomic E-state index is 17.5. The minimum atomic E-state index is -4.55. The predicted molar refractivity (Wildman–Crippen MR) is 174 cm³/mol. The van der Waals surface area contributed by atoms with Gasteiger partial charge in [0.1, 0.15) is 24.3 Å². The second-order valence-corrected chi connectivity index (χ2v) is 16.5. The number of piperazine rings is 1. The van der Waals surface area contributed by atoms with Crippen molar-refractivity contribution in [1.82, 2.24) is 29.5 Å². The molecule has 9 rings (SSSR count). The first-order chi connectivity index (χ1) is 23.6. The van der Waals surface area contributed by atoms with Crippen LogP contribution in [0.2, 0.25) is 0 Å². The smallest absolute Gasteiger partial charge is 0.319 e. The van der Waals surface area contributed by atoms with E-state index >= 15 is 4.39 Å². The predicted octanol–water partition coefficient (Wildman–Crippen LogP) is 2.39. The van der Waals surface area contributed by atoms with Crippen molar-refractivity contribution in [3.63, 3.8) is 0 Å². The number of aromatic nitrogens is 3. The number of halogens is 3. The third kappa shape index (κ3) is 5.00. The van der Waals surface area contributed by atoms with Gasteiger partial charge >= 0.3 is 6.01 Å². The molecule has 49 heavy (non-hydrogen) atoms. The van der Waals surface area contributed by atoms with Crippen molar-refractivity contribution >= 4 is 54.1 Å². The first kappa shape index (κ1) is 31.7. The largest absolute Gasteiger partial charge is 0.461 e. The average Bonchev–Trinajstić information content (AvgIpc) is 3.71. The van der Waals surface area contributed by atoms with Crippen LogP contribution in [-0.2, 0) is 19.5 Å². The van der Waals surface area contributed by atoms with Crippen LogP contribution in [0.15, 0.2) is 17.0 Å². The van der Waals surface area contributed by atoms with Gasteiger partial charge < -0.3 is 30.2 Å². The molecule has 0 radical (unpaired) electrons. The quantitative estimate of drug-likeness (QED) is 0.370. The van der Waals surface area contributed by atoms with Crippen molar-refractivity contribution in [2.45, 2.75) is 48.0 Å². The summed E-state index contributed by atoms with van der Waals surface area (Å²) in [5.74, 6) is -1.74. The number of alkyl halides is 1. The summed E-state index contributed by atoms with van der Waals surface area (Å²) in [4.78, 5) is 17.1. The summed E-state index contributed by atoms with van der Waals surface area (Å²) < 4.78 is 95.5. The van der Waals surface area contributed by atoms with Crippen molar-refractivity contribution in [3.05, 3.63) is 29.2 Å². The molecule has 0 spiro atoms. The molecule has 0 aliphatic carbocycles. The molecule has 2 aromatic heterocycles. The minimum absolute atomic E-state index is 0.0292. The van der Waals surface area contributed by atoms with E-state index in [0.29, 0.717) is 52.5 Å². The lowest BCUT2D eigenvalue weighted by atomic mass is 9.95. The fourth-order valence-corrected chi connectivity index (χ4v) is 10.8. The Kier molecular flexibility index (Phi) is 7.52. The van der Waals surface area contributed by atoms with Crippen molar-refractivity contribution in [2.24, 2.45) is 5.92 Å². The molecule has 4 atom stereocenters. The minimum Gasteiger partial charge on any atom is -0.461 e. The van der Waals surface area contributed by atoms with Crippen molar-refractivity contribution < 1.29 is 35.8 Å². The van der Waals surface area contributed by atoms with Gasteiger partial charge in [0.25, 0.3) is 10.0 Å². The Labute approximate surface area is 284 Å². The van der Waals surface area contributed by atoms with Crippen LogP contribution in [0.3, 0.4) is 0 Å². The highest BCUT2D eigenvalue weighted by Gasteiger charge is 2.51. The highest BCUT2D eigenvalue weighted by Crippen LogP contribution is 2.49. The number of hydrogen-bond donors (Lipinski definition) is 2. The van der Waals surface area contributed by atoms with E-state index in [2.05, 4.69) is 20.2 Å². The summed E-state index contributed by atoms with van der Waals surface area (Å²) in [5, 5.41) is 3.41. The van der Waals surface area contributed by atoms with Crippen LogP contribution in [0.4, 0.5) is 24.1 Å². The summed E-state index contributed by atoms with van der Waals surface area (Å²) in [6.45, 7) is 3.23. The van der Waals surface area contributed by atoms with Gasteiger partial charge in [-0.15, -0.1) is 0 Å². The molecule has 0 saturated carbocycles. The van der Waals surface area contributed by atoms with Crippen molar-refractivity contribution in [2.75, 3.05) is 76.4 Å². The van der Waals surface area contributed by atoms with Crippen LogP contribution in [0.5, 0.6) is 6.01 Å². The third-order valence-corrected chi connectivity index (χ3v) is 13.3. The zero-order valence-electron chi connectivity index (χ0n) is 26.4. The van der Waals surface area contributed by atoms with Crippen LogP contribution in [0.25, 0.3) is 21.7 Å². The highest BCUT2D eigenvalue weighted by molar-refractivity contribution is 7.89. The Morgan fingerprint density at radius 2 is 1.88 bits per heavy atom. The topological polar surface area (TPSA) is 148 Å². The first-order valence-corrected chi connectivity index (χ1v) is 18.7. The number of fused-ring (bicyclic) bond motifs is 5. The Hall–Kier alpha value is -3.29. The zero-order chi connectivity index (χ0) is 33.7. The summed E-state index contributed by atoms with van der Waals surface area (Å²) in [7, 11) is -4.55. The molecule has 262 valence electrons. The van der Waals surface area contributed by atoms with Gasteiger partial charge in [-0.2, -0.15) is 9.97 Å². The molecule has 3 N–H and O–H groups in total.